The van der Waals surface area contributed by atoms with Gasteiger partial charge in [-0.3, -0.25) is 0 Å². The number of halogens is 2. The molecule has 1 N–H and O–H groups in total. The third kappa shape index (κ3) is 2.08. The molecule has 12 heavy (non-hydrogen) atoms. The van der Waals surface area contributed by atoms with Gasteiger partial charge in [0, 0.05) is 14.5 Å². The van der Waals surface area contributed by atoms with Gasteiger partial charge in [0.25, 0.3) is 0 Å². The lowest BCUT2D eigenvalue weighted by Gasteiger charge is -2.02. The largest absolute Gasteiger partial charge is 0.411 e. The van der Waals surface area contributed by atoms with E-state index in [4.69, 9.17) is 5.21 Å². The molecule has 0 radical (unpaired) electrons. The van der Waals surface area contributed by atoms with Crippen LogP contribution >= 0.6 is 31.9 Å². The van der Waals surface area contributed by atoms with Crippen LogP contribution in [0, 0.1) is 0 Å². The quantitative estimate of drug-likeness (QED) is 0.480. The van der Waals surface area contributed by atoms with Crippen LogP contribution in [0.1, 0.15) is 12.5 Å². The van der Waals surface area contributed by atoms with Gasteiger partial charge in [-0.05, 0) is 25.1 Å². The van der Waals surface area contributed by atoms with Crippen molar-refractivity contribution in [3.05, 3.63) is 32.7 Å². The molecule has 64 valence electrons. The molecule has 1 aromatic rings. The average molecular weight is 293 g/mol. The van der Waals surface area contributed by atoms with Crippen molar-refractivity contribution < 1.29 is 5.21 Å². The summed E-state index contributed by atoms with van der Waals surface area (Å²) < 4.78 is 1.88. The number of benzene rings is 1. The lowest BCUT2D eigenvalue weighted by Crippen LogP contribution is -1.95. The fraction of sp³-hybridized carbons (Fsp3) is 0.125. The van der Waals surface area contributed by atoms with Crippen molar-refractivity contribution in [2.75, 3.05) is 0 Å². The van der Waals surface area contributed by atoms with Crippen LogP contribution in [0.3, 0.4) is 0 Å². The topological polar surface area (TPSA) is 32.6 Å². The van der Waals surface area contributed by atoms with E-state index in [0.717, 1.165) is 14.5 Å². The molecule has 1 rings (SSSR count). The van der Waals surface area contributed by atoms with Crippen LogP contribution in [0.5, 0.6) is 0 Å². The summed E-state index contributed by atoms with van der Waals surface area (Å²) >= 11 is 6.70. The zero-order chi connectivity index (χ0) is 9.14. The molecule has 0 spiro atoms. The number of hydrogen-bond donors (Lipinski definition) is 1. The Balaban J connectivity index is 3.23. The summed E-state index contributed by atoms with van der Waals surface area (Å²) in [5.74, 6) is 0. The van der Waals surface area contributed by atoms with E-state index in [9.17, 15) is 0 Å². The van der Waals surface area contributed by atoms with Gasteiger partial charge < -0.3 is 5.21 Å². The second-order valence-electron chi connectivity index (χ2n) is 2.31. The number of hydrogen-bond acceptors (Lipinski definition) is 2. The van der Waals surface area contributed by atoms with Crippen molar-refractivity contribution in [2.24, 2.45) is 5.16 Å². The molecule has 0 aromatic heterocycles. The first-order valence-corrected chi connectivity index (χ1v) is 4.88. The molecule has 0 aliphatic rings. The Morgan fingerprint density at radius 1 is 1.42 bits per heavy atom. The number of nitrogens with zero attached hydrogens (tertiary/aromatic N) is 1. The van der Waals surface area contributed by atoms with Gasteiger partial charge in [-0.25, -0.2) is 0 Å². The van der Waals surface area contributed by atoms with E-state index >= 15 is 0 Å². The number of oxime groups is 1. The molecule has 0 unspecified atom stereocenters. The van der Waals surface area contributed by atoms with E-state index in [1.54, 1.807) is 6.92 Å². The van der Waals surface area contributed by atoms with Crippen LogP contribution in [0.15, 0.2) is 32.3 Å². The van der Waals surface area contributed by atoms with Gasteiger partial charge in [0.1, 0.15) is 0 Å². The molecule has 0 amide bonds. The van der Waals surface area contributed by atoms with E-state index in [1.807, 2.05) is 18.2 Å². The maximum atomic E-state index is 8.56. The molecule has 0 aliphatic carbocycles. The summed E-state index contributed by atoms with van der Waals surface area (Å²) in [6.07, 6.45) is 0. The fourth-order valence-corrected chi connectivity index (χ4v) is 1.72. The summed E-state index contributed by atoms with van der Waals surface area (Å²) in [5.41, 5.74) is 1.47. The van der Waals surface area contributed by atoms with E-state index in [2.05, 4.69) is 37.0 Å². The maximum absolute atomic E-state index is 8.56. The van der Waals surface area contributed by atoms with Gasteiger partial charge in [-0.1, -0.05) is 37.0 Å². The summed E-state index contributed by atoms with van der Waals surface area (Å²) in [5, 5.41) is 11.7. The van der Waals surface area contributed by atoms with Gasteiger partial charge in [-0.15, -0.1) is 0 Å². The normalized spacial score (nSPS) is 11.8. The van der Waals surface area contributed by atoms with E-state index < -0.39 is 0 Å². The van der Waals surface area contributed by atoms with E-state index in [1.165, 1.54) is 0 Å². The minimum absolute atomic E-state index is 0.586. The Morgan fingerprint density at radius 3 is 2.67 bits per heavy atom. The lowest BCUT2D eigenvalue weighted by atomic mass is 10.1. The molecule has 0 fully saturated rings. The predicted octanol–water partition coefficient (Wildman–Crippen LogP) is 3.41. The van der Waals surface area contributed by atoms with Gasteiger partial charge >= 0.3 is 0 Å². The molecule has 1 aromatic carbocycles. The van der Waals surface area contributed by atoms with Crippen LogP contribution in [0.25, 0.3) is 0 Å². The summed E-state index contributed by atoms with van der Waals surface area (Å²) in [7, 11) is 0. The molecule has 4 heteroatoms. The van der Waals surface area contributed by atoms with Crippen LogP contribution in [-0.2, 0) is 0 Å². The summed E-state index contributed by atoms with van der Waals surface area (Å²) in [6, 6.07) is 5.70. The molecule has 0 aliphatic heterocycles. The van der Waals surface area contributed by atoms with Crippen molar-refractivity contribution in [2.45, 2.75) is 6.92 Å². The molecule has 0 saturated carbocycles. The van der Waals surface area contributed by atoms with Gasteiger partial charge in [0.2, 0.25) is 0 Å². The minimum atomic E-state index is 0.586. The first-order chi connectivity index (χ1) is 5.65. The highest BCUT2D eigenvalue weighted by atomic mass is 79.9. The smallest absolute Gasteiger partial charge is 0.0848 e. The van der Waals surface area contributed by atoms with Crippen LogP contribution in [0.2, 0.25) is 0 Å². The summed E-state index contributed by atoms with van der Waals surface area (Å²) in [6.45, 7) is 1.74. The third-order valence-electron chi connectivity index (χ3n) is 1.47. The van der Waals surface area contributed by atoms with E-state index in [0.29, 0.717) is 5.71 Å². The molecular formula is C8H7Br2NO. The summed E-state index contributed by atoms with van der Waals surface area (Å²) in [4.78, 5) is 0. The Kier molecular flexibility index (Phi) is 3.29. The van der Waals surface area contributed by atoms with E-state index in [-0.39, 0.29) is 0 Å². The van der Waals surface area contributed by atoms with Gasteiger partial charge in [0.15, 0.2) is 0 Å². The highest BCUT2D eigenvalue weighted by molar-refractivity contribution is 9.11. The zero-order valence-corrected chi connectivity index (χ0v) is 9.55. The highest BCUT2D eigenvalue weighted by Crippen LogP contribution is 2.21. The lowest BCUT2D eigenvalue weighted by molar-refractivity contribution is 0.319. The minimum Gasteiger partial charge on any atom is -0.411 e. The first-order valence-electron chi connectivity index (χ1n) is 3.29. The first kappa shape index (κ1) is 9.74. The highest BCUT2D eigenvalue weighted by Gasteiger charge is 2.03. The Morgan fingerprint density at radius 2 is 2.08 bits per heavy atom. The second-order valence-corrected chi connectivity index (χ2v) is 4.08. The van der Waals surface area contributed by atoms with Crippen LogP contribution in [-0.4, -0.2) is 10.9 Å². The van der Waals surface area contributed by atoms with Crippen molar-refractivity contribution in [3.8, 4) is 0 Å². The fourth-order valence-electron chi connectivity index (χ4n) is 0.829. The van der Waals surface area contributed by atoms with Crippen LogP contribution < -0.4 is 0 Å². The predicted molar refractivity (Wildman–Crippen MR) is 55.8 cm³/mol. The van der Waals surface area contributed by atoms with Crippen molar-refractivity contribution in [1.29, 1.82) is 0 Å². The molecular weight excluding hydrogens is 286 g/mol. The molecule has 0 atom stereocenters. The monoisotopic (exact) mass is 291 g/mol. The Hall–Kier alpha value is -0.350. The molecule has 0 heterocycles. The Labute approximate surface area is 87.5 Å². The maximum Gasteiger partial charge on any atom is 0.0848 e. The molecule has 2 nitrogen and oxygen atoms in total. The standard InChI is InChI=1S/C8H7Br2NO/c1-5(11-12)7-4-6(9)2-3-8(7)10/h2-4,12H,1H3/b11-5-. The van der Waals surface area contributed by atoms with Gasteiger partial charge in [0.05, 0.1) is 5.71 Å². The van der Waals surface area contributed by atoms with Crippen molar-refractivity contribution in [1.82, 2.24) is 0 Å². The Bertz CT molecular complexity index is 323. The average Bonchev–Trinajstić information content (AvgIpc) is 2.08. The van der Waals surface area contributed by atoms with Crippen LogP contribution in [0.4, 0.5) is 0 Å². The SMILES string of the molecule is C/C(=N/O)c1cc(Br)ccc1Br. The zero-order valence-electron chi connectivity index (χ0n) is 6.38. The molecule has 0 bridgehead atoms. The third-order valence-corrected chi connectivity index (χ3v) is 2.65. The number of rotatable bonds is 1. The second kappa shape index (κ2) is 4.05. The van der Waals surface area contributed by atoms with Crippen molar-refractivity contribution in [3.63, 3.8) is 0 Å². The van der Waals surface area contributed by atoms with Crippen molar-refractivity contribution >= 4 is 37.6 Å². The van der Waals surface area contributed by atoms with Gasteiger partial charge in [-0.2, -0.15) is 0 Å². The molecule has 0 saturated heterocycles.